The first kappa shape index (κ1) is 41.8. The van der Waals surface area contributed by atoms with Crippen LogP contribution in [0.2, 0.25) is 0 Å². The Bertz CT molecular complexity index is 1960. The van der Waals surface area contributed by atoms with Crippen LogP contribution in [0.5, 0.6) is 0 Å². The van der Waals surface area contributed by atoms with Crippen molar-refractivity contribution < 1.29 is 34.4 Å². The second-order valence-corrected chi connectivity index (χ2v) is 15.7. The molecule has 1 N–H and O–H groups in total. The molecule has 0 atom stereocenters. The van der Waals surface area contributed by atoms with Crippen molar-refractivity contribution in [1.29, 1.82) is 0 Å². The van der Waals surface area contributed by atoms with Gasteiger partial charge in [0.05, 0.1) is 6.20 Å². The molecule has 3 aromatic heterocycles. The van der Waals surface area contributed by atoms with E-state index in [0.717, 1.165) is 76.6 Å². The van der Waals surface area contributed by atoms with Gasteiger partial charge in [-0.2, -0.15) is 0 Å². The van der Waals surface area contributed by atoms with Crippen LogP contribution in [0.15, 0.2) is 83.4 Å². The van der Waals surface area contributed by atoms with E-state index in [1.165, 1.54) is 17.0 Å². The number of rotatable bonds is 11. The molecule has 0 saturated heterocycles. The Kier molecular flexibility index (Phi) is 14.2. The number of pyridine rings is 2. The average molecular weight is 866 g/mol. The van der Waals surface area contributed by atoms with Crippen LogP contribution in [0.3, 0.4) is 0 Å². The number of aliphatic hydroxyl groups excluding tert-OH is 1. The maximum Gasteiger partial charge on any atom is 0.164 e. The second kappa shape index (κ2) is 17.3. The minimum Gasteiger partial charge on any atom is -0.512 e. The minimum absolute atomic E-state index is 0. The van der Waals surface area contributed by atoms with Crippen molar-refractivity contribution in [2.75, 3.05) is 0 Å². The molecule has 0 aliphatic carbocycles. The molecule has 275 valence electrons. The quantitative estimate of drug-likeness (QED) is 0.0813. The Balaban J connectivity index is 0.000000335. The summed E-state index contributed by atoms with van der Waals surface area (Å²) < 4.78 is 6.07. The molecule has 5 rings (SSSR count). The van der Waals surface area contributed by atoms with Crippen LogP contribution in [0.25, 0.3) is 44.1 Å². The Morgan fingerprint density at radius 3 is 2.14 bits per heavy atom. The molecule has 5 nitrogen and oxygen atoms in total. The number of allylic oxidation sites excluding steroid dienone is 2. The van der Waals surface area contributed by atoms with Gasteiger partial charge in [0.25, 0.3) is 0 Å². The van der Waals surface area contributed by atoms with Crippen molar-refractivity contribution in [3.05, 3.63) is 96.3 Å². The maximum absolute atomic E-state index is 12.2. The van der Waals surface area contributed by atoms with Crippen LogP contribution in [-0.4, -0.2) is 20.9 Å². The Labute approximate surface area is 319 Å². The van der Waals surface area contributed by atoms with Gasteiger partial charge < -0.3 is 9.52 Å². The molecule has 1 radical (unpaired) electrons. The smallest absolute Gasteiger partial charge is 0.164 e. The molecular weight excluding hydrogens is 809 g/mol. The number of furan rings is 1. The van der Waals surface area contributed by atoms with Gasteiger partial charge in [-0.25, -0.2) is 0 Å². The fraction of sp³-hybridized carbons (Fsp3) is 0.444. The molecule has 0 bridgehead atoms. The van der Waals surface area contributed by atoms with Crippen molar-refractivity contribution in [3.63, 3.8) is 0 Å². The largest absolute Gasteiger partial charge is 0.512 e. The minimum atomic E-state index is -0.337. The molecular formula is C45H57IrN2O3-. The monoisotopic (exact) mass is 866 g/mol. The molecule has 5 aromatic rings. The van der Waals surface area contributed by atoms with Crippen molar-refractivity contribution in [3.8, 4) is 22.4 Å². The first-order chi connectivity index (χ1) is 23.6. The summed E-state index contributed by atoms with van der Waals surface area (Å²) in [6, 6.07) is 20.7. The number of hydrogen-bond donors (Lipinski definition) is 1. The standard InChI is InChI=1S/C30H29N2O.C15H28O2.Ir/c1-19(2)12-23-16-25-26(17-31-18-29(25)33-23)21-10-11-32-28(15-21)22-13-20-8-6-7-9-24(20)27(14-22)30(3,4)5;1-7-14(5,8-2)12(16)11-13(17)15(6,9-3)10-4;/h6-11,14-19H,12H2,1-5H3;11,16H,7-10H2,1-6H3;/q-1;;/b;12-11-;. The van der Waals surface area contributed by atoms with Crippen molar-refractivity contribution in [2.45, 2.75) is 114 Å². The van der Waals surface area contributed by atoms with E-state index in [4.69, 9.17) is 9.40 Å². The molecule has 51 heavy (non-hydrogen) atoms. The third kappa shape index (κ3) is 9.64. The van der Waals surface area contributed by atoms with Crippen LogP contribution in [0, 0.1) is 22.8 Å². The summed E-state index contributed by atoms with van der Waals surface area (Å²) >= 11 is 0. The van der Waals surface area contributed by atoms with Gasteiger partial charge in [0.15, 0.2) is 11.4 Å². The van der Waals surface area contributed by atoms with Gasteiger partial charge in [-0.1, -0.05) is 111 Å². The number of nitrogens with zero attached hydrogens (tertiary/aromatic N) is 2. The molecule has 0 aliphatic rings. The van der Waals surface area contributed by atoms with E-state index >= 15 is 0 Å². The molecule has 2 aromatic carbocycles. The van der Waals surface area contributed by atoms with Crippen LogP contribution < -0.4 is 0 Å². The van der Waals surface area contributed by atoms with Gasteiger partial charge in [0, 0.05) is 72.5 Å². The third-order valence-electron chi connectivity index (χ3n) is 10.6. The second-order valence-electron chi connectivity index (χ2n) is 15.7. The van der Waals surface area contributed by atoms with Crippen LogP contribution in [-0.2, 0) is 36.7 Å². The van der Waals surface area contributed by atoms with E-state index in [1.54, 1.807) is 6.20 Å². The predicted octanol–water partition coefficient (Wildman–Crippen LogP) is 12.7. The number of aliphatic hydroxyl groups is 1. The first-order valence-corrected chi connectivity index (χ1v) is 18.3. The summed E-state index contributed by atoms with van der Waals surface area (Å²) in [6.45, 7) is 23.2. The number of ketones is 1. The zero-order chi connectivity index (χ0) is 36.9. The zero-order valence-corrected chi connectivity index (χ0v) is 34.9. The topological polar surface area (TPSA) is 76.2 Å². The number of hydrogen-bond acceptors (Lipinski definition) is 5. The Morgan fingerprint density at radius 1 is 0.882 bits per heavy atom. The van der Waals surface area contributed by atoms with Crippen LogP contribution >= 0.6 is 0 Å². The van der Waals surface area contributed by atoms with E-state index in [-0.39, 0.29) is 47.9 Å². The SMILES string of the molecule is CC(C)Cc1cc2c(-c3ccnc(-c4[c-]c5ccccc5c(C(C)(C)C)c4)c3)cncc2o1.CCC(C)(CC)C(=O)/C=C(\O)C(C)(CC)CC.[Ir]. The van der Waals surface area contributed by atoms with Gasteiger partial charge in [-0.05, 0) is 54.7 Å². The van der Waals surface area contributed by atoms with Gasteiger partial charge in [0.1, 0.15) is 11.5 Å². The van der Waals surface area contributed by atoms with Crippen LogP contribution in [0.1, 0.15) is 113 Å². The number of carbonyl (C=O) groups is 1. The van der Waals surface area contributed by atoms with E-state index in [9.17, 15) is 9.90 Å². The molecule has 0 saturated carbocycles. The predicted molar refractivity (Wildman–Crippen MR) is 209 cm³/mol. The fourth-order valence-electron chi connectivity index (χ4n) is 6.16. The Morgan fingerprint density at radius 2 is 1.53 bits per heavy atom. The summed E-state index contributed by atoms with van der Waals surface area (Å²) in [5, 5.41) is 13.6. The summed E-state index contributed by atoms with van der Waals surface area (Å²) in [5.41, 5.74) is 5.60. The number of fused-ring (bicyclic) bond motifs is 2. The normalized spacial score (nSPS) is 12.5. The number of benzene rings is 2. The molecule has 3 heterocycles. The summed E-state index contributed by atoms with van der Waals surface area (Å²) in [4.78, 5) is 21.3. The molecule has 0 fully saturated rings. The van der Waals surface area contributed by atoms with Gasteiger partial charge in [0.2, 0.25) is 0 Å². The molecule has 0 aliphatic heterocycles. The first-order valence-electron chi connectivity index (χ1n) is 18.3. The van der Waals surface area contributed by atoms with Crippen molar-refractivity contribution >= 4 is 27.5 Å². The van der Waals surface area contributed by atoms with Crippen molar-refractivity contribution in [1.82, 2.24) is 9.97 Å². The van der Waals surface area contributed by atoms with Gasteiger partial charge >= 0.3 is 0 Å². The Hall–Kier alpha value is -3.60. The van der Waals surface area contributed by atoms with Gasteiger partial charge in [-0.15, -0.1) is 29.1 Å². The fourth-order valence-corrected chi connectivity index (χ4v) is 6.16. The maximum atomic E-state index is 12.2. The number of carbonyl (C=O) groups excluding carboxylic acids is 1. The molecule has 0 spiro atoms. The molecule has 6 heteroatoms. The summed E-state index contributed by atoms with van der Waals surface area (Å²) in [7, 11) is 0. The average Bonchev–Trinajstić information content (AvgIpc) is 3.52. The van der Waals surface area contributed by atoms with E-state index in [1.807, 2.05) is 60.0 Å². The van der Waals surface area contributed by atoms with Gasteiger partial charge in [-0.3, -0.25) is 14.8 Å². The van der Waals surface area contributed by atoms with Crippen LogP contribution in [0.4, 0.5) is 0 Å². The van der Waals surface area contributed by atoms with E-state index in [0.29, 0.717) is 5.92 Å². The van der Waals surface area contributed by atoms with Crippen molar-refractivity contribution in [2.24, 2.45) is 16.7 Å². The zero-order valence-electron chi connectivity index (χ0n) is 32.5. The van der Waals surface area contributed by atoms with E-state index < -0.39 is 0 Å². The number of aromatic nitrogens is 2. The summed E-state index contributed by atoms with van der Waals surface area (Å²) in [6.07, 6.45) is 11.3. The molecule has 0 amide bonds. The van der Waals surface area contributed by atoms with E-state index in [2.05, 4.69) is 88.1 Å². The third-order valence-corrected chi connectivity index (χ3v) is 10.6. The summed E-state index contributed by atoms with van der Waals surface area (Å²) in [5.74, 6) is 1.82. The molecule has 0 unspecified atom stereocenters.